The Bertz CT molecular complexity index is 173. The predicted molar refractivity (Wildman–Crippen MR) is 58.8 cm³/mol. The predicted octanol–water partition coefficient (Wildman–Crippen LogP) is 3.28. The first-order valence-electron chi connectivity index (χ1n) is 5.33. The van der Waals surface area contributed by atoms with Crippen molar-refractivity contribution in [2.75, 3.05) is 0 Å². The Kier molecular flexibility index (Phi) is 8.30. The lowest BCUT2D eigenvalue weighted by molar-refractivity contribution is -0.144. The van der Waals surface area contributed by atoms with Gasteiger partial charge < -0.3 is 4.74 Å². The summed E-state index contributed by atoms with van der Waals surface area (Å²) in [5.41, 5.74) is 0. The standard InChI is InChI=1S/C12H21O2/c1-4-6-8-10-12(9-7-5-2)14-11(3)13/h7,9,12H,2,4-6,8,10H2,1,3H3. The smallest absolute Gasteiger partial charge is 0.303 e. The minimum absolute atomic E-state index is 0.0548. The highest BCUT2D eigenvalue weighted by atomic mass is 16.5. The Hall–Kier alpha value is -0.790. The molecule has 0 rings (SSSR count). The highest BCUT2D eigenvalue weighted by Gasteiger charge is 2.06. The van der Waals surface area contributed by atoms with Crippen LogP contribution in [0.25, 0.3) is 0 Å². The molecule has 0 aliphatic heterocycles. The van der Waals surface area contributed by atoms with Crippen molar-refractivity contribution in [3.63, 3.8) is 0 Å². The van der Waals surface area contributed by atoms with Gasteiger partial charge in [0.05, 0.1) is 0 Å². The average Bonchev–Trinajstić information content (AvgIpc) is 2.13. The van der Waals surface area contributed by atoms with Crippen LogP contribution in [0.1, 0.15) is 46.0 Å². The third-order valence-electron chi connectivity index (χ3n) is 1.93. The number of carbonyl (C=O) groups is 1. The van der Waals surface area contributed by atoms with Gasteiger partial charge in [-0.1, -0.05) is 25.8 Å². The molecule has 2 nitrogen and oxygen atoms in total. The lowest BCUT2D eigenvalue weighted by atomic mass is 10.1. The van der Waals surface area contributed by atoms with Crippen LogP contribution >= 0.6 is 0 Å². The lowest BCUT2D eigenvalue weighted by Crippen LogP contribution is -2.13. The molecule has 0 N–H and O–H groups in total. The molecule has 0 bridgehead atoms. The largest absolute Gasteiger partial charge is 0.458 e. The van der Waals surface area contributed by atoms with Crippen LogP contribution in [-0.4, -0.2) is 12.1 Å². The lowest BCUT2D eigenvalue weighted by Gasteiger charge is -2.12. The molecule has 0 aromatic carbocycles. The number of hydrogen-bond acceptors (Lipinski definition) is 2. The van der Waals surface area contributed by atoms with Crippen LogP contribution in [0.15, 0.2) is 12.2 Å². The molecule has 0 saturated heterocycles. The second-order valence-electron chi connectivity index (χ2n) is 3.36. The molecule has 0 aliphatic rings. The molecular weight excluding hydrogens is 176 g/mol. The maximum Gasteiger partial charge on any atom is 0.303 e. The first kappa shape index (κ1) is 13.2. The first-order chi connectivity index (χ1) is 6.70. The summed E-state index contributed by atoms with van der Waals surface area (Å²) in [5.74, 6) is -0.208. The van der Waals surface area contributed by atoms with E-state index in [1.165, 1.54) is 19.8 Å². The van der Waals surface area contributed by atoms with Gasteiger partial charge in [-0.3, -0.25) is 4.79 Å². The minimum atomic E-state index is -0.208. The minimum Gasteiger partial charge on any atom is -0.458 e. The van der Waals surface area contributed by atoms with Crippen molar-refractivity contribution < 1.29 is 9.53 Å². The summed E-state index contributed by atoms with van der Waals surface area (Å²) in [5, 5.41) is 0. The fourth-order valence-electron chi connectivity index (χ4n) is 1.25. The number of carbonyl (C=O) groups excluding carboxylic acids is 1. The zero-order chi connectivity index (χ0) is 10.8. The van der Waals surface area contributed by atoms with Gasteiger partial charge in [0.1, 0.15) is 6.10 Å². The molecule has 0 aliphatic carbocycles. The summed E-state index contributed by atoms with van der Waals surface area (Å²) >= 11 is 0. The number of rotatable bonds is 7. The van der Waals surface area contributed by atoms with Gasteiger partial charge in [0.15, 0.2) is 0 Å². The molecule has 0 heterocycles. The van der Waals surface area contributed by atoms with E-state index in [1.807, 2.05) is 12.2 Å². The molecule has 1 radical (unpaired) electrons. The second-order valence-corrected chi connectivity index (χ2v) is 3.36. The average molecular weight is 197 g/mol. The summed E-state index contributed by atoms with van der Waals surface area (Å²) in [4.78, 5) is 10.8. The fraction of sp³-hybridized carbons (Fsp3) is 0.667. The van der Waals surface area contributed by atoms with Crippen molar-refractivity contribution in [2.24, 2.45) is 0 Å². The van der Waals surface area contributed by atoms with Crippen LogP contribution in [0.4, 0.5) is 0 Å². The van der Waals surface area contributed by atoms with Gasteiger partial charge >= 0.3 is 5.97 Å². The van der Waals surface area contributed by atoms with Crippen LogP contribution in [-0.2, 0) is 9.53 Å². The normalized spacial score (nSPS) is 13.1. The molecule has 2 heteroatoms. The Morgan fingerprint density at radius 2 is 2.21 bits per heavy atom. The monoisotopic (exact) mass is 197 g/mol. The van der Waals surface area contributed by atoms with Crippen LogP contribution in [0, 0.1) is 6.92 Å². The molecule has 81 valence electrons. The van der Waals surface area contributed by atoms with Gasteiger partial charge in [-0.05, 0) is 32.3 Å². The van der Waals surface area contributed by atoms with Gasteiger partial charge in [-0.2, -0.15) is 0 Å². The van der Waals surface area contributed by atoms with Crippen LogP contribution < -0.4 is 0 Å². The molecular formula is C12H21O2. The molecule has 0 spiro atoms. The van der Waals surface area contributed by atoms with Crippen LogP contribution in [0.2, 0.25) is 0 Å². The highest BCUT2D eigenvalue weighted by Crippen LogP contribution is 2.08. The van der Waals surface area contributed by atoms with E-state index in [0.717, 1.165) is 19.3 Å². The third kappa shape index (κ3) is 7.84. The quantitative estimate of drug-likeness (QED) is 0.355. The van der Waals surface area contributed by atoms with Crippen molar-refractivity contribution in [3.8, 4) is 0 Å². The molecule has 0 aromatic rings. The Morgan fingerprint density at radius 1 is 1.50 bits per heavy atom. The van der Waals surface area contributed by atoms with E-state index in [4.69, 9.17) is 4.74 Å². The van der Waals surface area contributed by atoms with Crippen molar-refractivity contribution in [1.82, 2.24) is 0 Å². The molecule has 0 fully saturated rings. The highest BCUT2D eigenvalue weighted by molar-refractivity contribution is 5.66. The topological polar surface area (TPSA) is 26.3 Å². The van der Waals surface area contributed by atoms with Gasteiger partial charge in [0.2, 0.25) is 0 Å². The third-order valence-corrected chi connectivity index (χ3v) is 1.93. The van der Waals surface area contributed by atoms with Gasteiger partial charge in [-0.15, -0.1) is 0 Å². The second kappa shape index (κ2) is 8.79. The van der Waals surface area contributed by atoms with E-state index < -0.39 is 0 Å². The fourth-order valence-corrected chi connectivity index (χ4v) is 1.25. The number of unbranched alkanes of at least 4 members (excludes halogenated alkanes) is 2. The molecule has 1 unspecified atom stereocenters. The zero-order valence-corrected chi connectivity index (χ0v) is 9.29. The van der Waals surface area contributed by atoms with Crippen molar-refractivity contribution in [1.29, 1.82) is 0 Å². The molecule has 14 heavy (non-hydrogen) atoms. The van der Waals surface area contributed by atoms with E-state index in [1.54, 1.807) is 0 Å². The molecule has 0 amide bonds. The van der Waals surface area contributed by atoms with E-state index in [0.29, 0.717) is 0 Å². The Morgan fingerprint density at radius 3 is 2.71 bits per heavy atom. The number of esters is 1. The van der Waals surface area contributed by atoms with E-state index in [9.17, 15) is 4.79 Å². The summed E-state index contributed by atoms with van der Waals surface area (Å²) in [6, 6.07) is 0. The molecule has 0 saturated carbocycles. The van der Waals surface area contributed by atoms with E-state index >= 15 is 0 Å². The number of ether oxygens (including phenoxy) is 1. The first-order valence-corrected chi connectivity index (χ1v) is 5.33. The van der Waals surface area contributed by atoms with Gasteiger partial charge in [0, 0.05) is 6.92 Å². The maximum atomic E-state index is 10.8. The molecule has 0 aromatic heterocycles. The molecule has 1 atom stereocenters. The SMILES string of the molecule is [CH2]CC=CC(CCCCC)OC(C)=O. The van der Waals surface area contributed by atoms with E-state index in [-0.39, 0.29) is 12.1 Å². The Balaban J connectivity index is 3.84. The van der Waals surface area contributed by atoms with Crippen LogP contribution in [0.3, 0.4) is 0 Å². The number of allylic oxidation sites excluding steroid dienone is 1. The Labute approximate surface area is 87.3 Å². The van der Waals surface area contributed by atoms with Crippen molar-refractivity contribution in [2.45, 2.75) is 52.1 Å². The maximum absolute atomic E-state index is 10.8. The summed E-state index contributed by atoms with van der Waals surface area (Å²) < 4.78 is 5.15. The van der Waals surface area contributed by atoms with Gasteiger partial charge in [-0.25, -0.2) is 0 Å². The number of hydrogen-bond donors (Lipinski definition) is 0. The van der Waals surface area contributed by atoms with Crippen LogP contribution in [0.5, 0.6) is 0 Å². The summed E-state index contributed by atoms with van der Waals surface area (Å²) in [7, 11) is 0. The summed E-state index contributed by atoms with van der Waals surface area (Å²) in [6.45, 7) is 7.31. The summed E-state index contributed by atoms with van der Waals surface area (Å²) in [6.07, 6.45) is 8.97. The van der Waals surface area contributed by atoms with Gasteiger partial charge in [0.25, 0.3) is 0 Å². The van der Waals surface area contributed by atoms with Crippen molar-refractivity contribution >= 4 is 5.97 Å². The van der Waals surface area contributed by atoms with E-state index in [2.05, 4.69) is 13.8 Å². The van der Waals surface area contributed by atoms with Crippen molar-refractivity contribution in [3.05, 3.63) is 19.1 Å². The zero-order valence-electron chi connectivity index (χ0n) is 9.29.